The fraction of sp³-hybridized carbons (Fsp3) is 0.588. The molecule has 0 saturated heterocycles. The first-order valence-electron chi connectivity index (χ1n) is 7.21. The van der Waals surface area contributed by atoms with Crippen molar-refractivity contribution in [3.8, 4) is 0 Å². The van der Waals surface area contributed by atoms with Crippen LogP contribution in [0.5, 0.6) is 0 Å². The molecule has 1 nitrogen and oxygen atoms in total. The number of hydrogen-bond donors (Lipinski definition) is 0. The Morgan fingerprint density at radius 2 is 2.00 bits per heavy atom. The lowest BCUT2D eigenvalue weighted by Crippen LogP contribution is -2.38. The summed E-state index contributed by atoms with van der Waals surface area (Å²) in [6, 6.07) is 10.6. The Balaban J connectivity index is 1.68. The Morgan fingerprint density at radius 1 is 1.26 bits per heavy atom. The lowest BCUT2D eigenvalue weighted by Gasteiger charge is -2.36. The standard InChI is InChI=1S/C17H22OS/c1-16(2)14-8-9-17(16,15(18)10-14)12-19-11-13-6-4-3-5-7-13/h3-7,14H,8-12H2,1-2H3. The van der Waals surface area contributed by atoms with Crippen molar-refractivity contribution >= 4 is 17.5 Å². The highest BCUT2D eigenvalue weighted by atomic mass is 32.2. The van der Waals surface area contributed by atoms with Gasteiger partial charge in [0.1, 0.15) is 5.78 Å². The quantitative estimate of drug-likeness (QED) is 0.813. The van der Waals surface area contributed by atoms with Gasteiger partial charge in [-0.3, -0.25) is 4.79 Å². The van der Waals surface area contributed by atoms with Crippen molar-refractivity contribution in [3.63, 3.8) is 0 Å². The van der Waals surface area contributed by atoms with Crippen LogP contribution >= 0.6 is 11.8 Å². The Bertz CT molecular complexity index is 479. The Kier molecular flexibility index (Phi) is 3.24. The van der Waals surface area contributed by atoms with Crippen LogP contribution in [0.2, 0.25) is 0 Å². The molecule has 0 aliphatic heterocycles. The first kappa shape index (κ1) is 13.2. The van der Waals surface area contributed by atoms with Gasteiger partial charge in [-0.2, -0.15) is 11.8 Å². The molecule has 2 fully saturated rings. The largest absolute Gasteiger partial charge is 0.299 e. The smallest absolute Gasteiger partial charge is 0.140 e. The van der Waals surface area contributed by atoms with Gasteiger partial charge in [0.15, 0.2) is 0 Å². The second-order valence-corrected chi connectivity index (χ2v) is 7.63. The van der Waals surface area contributed by atoms with Gasteiger partial charge >= 0.3 is 0 Å². The molecule has 2 heteroatoms. The van der Waals surface area contributed by atoms with Gasteiger partial charge in [0.2, 0.25) is 0 Å². The number of Topliss-reactive ketones (excluding diaryl/α,β-unsaturated/α-hetero) is 1. The summed E-state index contributed by atoms with van der Waals surface area (Å²) in [7, 11) is 0. The van der Waals surface area contributed by atoms with Crippen molar-refractivity contribution < 1.29 is 4.79 Å². The third-order valence-electron chi connectivity index (χ3n) is 5.60. The van der Waals surface area contributed by atoms with Crippen molar-refractivity contribution in [2.24, 2.45) is 16.7 Å². The van der Waals surface area contributed by atoms with E-state index < -0.39 is 0 Å². The third-order valence-corrected chi connectivity index (χ3v) is 6.83. The molecule has 2 saturated carbocycles. The van der Waals surface area contributed by atoms with E-state index >= 15 is 0 Å². The Morgan fingerprint density at radius 3 is 2.58 bits per heavy atom. The summed E-state index contributed by atoms with van der Waals surface area (Å²) in [5.74, 6) is 3.20. The van der Waals surface area contributed by atoms with Crippen LogP contribution in [0.4, 0.5) is 0 Å². The second kappa shape index (κ2) is 4.66. The number of rotatable bonds is 4. The van der Waals surface area contributed by atoms with Crippen LogP contribution in [0.25, 0.3) is 0 Å². The molecule has 2 aliphatic rings. The maximum Gasteiger partial charge on any atom is 0.140 e. The van der Waals surface area contributed by atoms with Gasteiger partial charge in [0, 0.05) is 23.3 Å². The van der Waals surface area contributed by atoms with Gasteiger partial charge in [-0.15, -0.1) is 0 Å². The van der Waals surface area contributed by atoms with Crippen LogP contribution in [-0.4, -0.2) is 11.5 Å². The van der Waals surface area contributed by atoms with Crippen LogP contribution in [0.3, 0.4) is 0 Å². The average Bonchev–Trinajstić information content (AvgIpc) is 2.74. The van der Waals surface area contributed by atoms with Crippen LogP contribution in [0.15, 0.2) is 30.3 Å². The van der Waals surface area contributed by atoms with E-state index in [9.17, 15) is 4.79 Å². The summed E-state index contributed by atoms with van der Waals surface area (Å²) in [5.41, 5.74) is 1.55. The number of thioether (sulfide) groups is 1. The third kappa shape index (κ3) is 1.96. The molecule has 3 rings (SSSR count). The number of hydrogen-bond acceptors (Lipinski definition) is 2. The molecule has 1 aromatic carbocycles. The van der Waals surface area contributed by atoms with E-state index in [2.05, 4.69) is 44.2 Å². The summed E-state index contributed by atoms with van der Waals surface area (Å²) < 4.78 is 0. The van der Waals surface area contributed by atoms with Crippen molar-refractivity contribution in [2.75, 3.05) is 5.75 Å². The normalized spacial score (nSPS) is 31.9. The van der Waals surface area contributed by atoms with Crippen molar-refractivity contribution in [1.82, 2.24) is 0 Å². The van der Waals surface area contributed by atoms with E-state index in [0.29, 0.717) is 11.7 Å². The minimum atomic E-state index is -0.0306. The SMILES string of the molecule is CC1(C)C2CCC1(CSCc1ccccc1)C(=O)C2. The predicted octanol–water partition coefficient (Wildman–Crippen LogP) is 4.32. The van der Waals surface area contributed by atoms with Gasteiger partial charge < -0.3 is 0 Å². The van der Waals surface area contributed by atoms with E-state index in [1.165, 1.54) is 12.0 Å². The minimum absolute atomic E-state index is 0.0306. The van der Waals surface area contributed by atoms with Crippen LogP contribution < -0.4 is 0 Å². The first-order valence-corrected chi connectivity index (χ1v) is 8.37. The van der Waals surface area contributed by atoms with Gasteiger partial charge in [-0.25, -0.2) is 0 Å². The number of carbonyl (C=O) groups is 1. The summed E-state index contributed by atoms with van der Waals surface area (Å²) in [6.45, 7) is 4.64. The van der Waals surface area contributed by atoms with Crippen molar-refractivity contribution in [3.05, 3.63) is 35.9 Å². The molecule has 19 heavy (non-hydrogen) atoms. The number of carbonyl (C=O) groups excluding carboxylic acids is 1. The molecule has 0 aromatic heterocycles. The molecule has 1 aromatic rings. The topological polar surface area (TPSA) is 17.1 Å². The molecule has 0 spiro atoms. The predicted molar refractivity (Wildman–Crippen MR) is 81.2 cm³/mol. The zero-order valence-electron chi connectivity index (χ0n) is 11.8. The number of benzene rings is 1. The lowest BCUT2D eigenvalue weighted by atomic mass is 9.70. The van der Waals surface area contributed by atoms with E-state index in [0.717, 1.165) is 24.3 Å². The van der Waals surface area contributed by atoms with E-state index in [1.54, 1.807) is 0 Å². The highest BCUT2D eigenvalue weighted by molar-refractivity contribution is 7.98. The summed E-state index contributed by atoms with van der Waals surface area (Å²) in [5, 5.41) is 0. The average molecular weight is 274 g/mol. The van der Waals surface area contributed by atoms with E-state index in [4.69, 9.17) is 0 Å². The lowest BCUT2D eigenvalue weighted by molar-refractivity contribution is -0.127. The molecule has 2 bridgehead atoms. The monoisotopic (exact) mass is 274 g/mol. The Labute approximate surface area is 120 Å². The maximum absolute atomic E-state index is 12.4. The molecular formula is C17H22OS. The minimum Gasteiger partial charge on any atom is -0.299 e. The van der Waals surface area contributed by atoms with Crippen molar-refractivity contribution in [1.29, 1.82) is 0 Å². The second-order valence-electron chi connectivity index (χ2n) is 6.65. The highest BCUT2D eigenvalue weighted by Crippen LogP contribution is 2.64. The molecule has 0 radical (unpaired) electrons. The van der Waals surface area contributed by atoms with Crippen LogP contribution in [0, 0.1) is 16.7 Å². The van der Waals surface area contributed by atoms with Crippen LogP contribution in [0.1, 0.15) is 38.7 Å². The van der Waals surface area contributed by atoms with Gasteiger partial charge in [-0.05, 0) is 29.7 Å². The van der Waals surface area contributed by atoms with Gasteiger partial charge in [-0.1, -0.05) is 44.2 Å². The fourth-order valence-electron chi connectivity index (χ4n) is 4.03. The molecular weight excluding hydrogens is 252 g/mol. The molecule has 2 unspecified atom stereocenters. The van der Waals surface area contributed by atoms with Crippen LogP contribution in [-0.2, 0) is 10.5 Å². The molecule has 102 valence electrons. The molecule has 2 aliphatic carbocycles. The zero-order chi connectivity index (χ0) is 13.5. The van der Waals surface area contributed by atoms with Gasteiger partial charge in [0.05, 0.1) is 0 Å². The summed E-state index contributed by atoms with van der Waals surface area (Å²) in [4.78, 5) is 12.4. The van der Waals surface area contributed by atoms with E-state index in [1.807, 2.05) is 11.8 Å². The van der Waals surface area contributed by atoms with E-state index in [-0.39, 0.29) is 10.8 Å². The molecule has 2 atom stereocenters. The molecule has 0 amide bonds. The summed E-state index contributed by atoms with van der Waals surface area (Å²) >= 11 is 1.94. The molecule has 0 heterocycles. The fourth-order valence-corrected chi connectivity index (χ4v) is 5.58. The zero-order valence-corrected chi connectivity index (χ0v) is 12.6. The Hall–Kier alpha value is -0.760. The maximum atomic E-state index is 12.4. The summed E-state index contributed by atoms with van der Waals surface area (Å²) in [6.07, 6.45) is 3.20. The van der Waals surface area contributed by atoms with Gasteiger partial charge in [0.25, 0.3) is 0 Å². The highest BCUT2D eigenvalue weighted by Gasteiger charge is 2.63. The first-order chi connectivity index (χ1) is 9.06. The number of ketones is 1. The molecule has 0 N–H and O–H groups in total. The number of fused-ring (bicyclic) bond motifs is 2. The van der Waals surface area contributed by atoms with Crippen molar-refractivity contribution in [2.45, 2.75) is 38.9 Å².